The molecule has 1 aliphatic rings. The number of hydrogen-bond acceptors (Lipinski definition) is 4. The number of amides is 1. The Kier molecular flexibility index (Phi) is 5.31. The van der Waals surface area contributed by atoms with Crippen LogP contribution in [0.1, 0.15) is 30.5 Å². The zero-order valence-electron chi connectivity index (χ0n) is 15.8. The van der Waals surface area contributed by atoms with Crippen molar-refractivity contribution in [2.24, 2.45) is 0 Å². The molecule has 3 rings (SSSR count). The van der Waals surface area contributed by atoms with Crippen molar-refractivity contribution >= 4 is 11.9 Å². The van der Waals surface area contributed by atoms with E-state index in [1.54, 1.807) is 25.8 Å². The van der Waals surface area contributed by atoms with Gasteiger partial charge in [-0.3, -0.25) is 4.79 Å². The molecule has 1 amide bonds. The molecule has 0 aromatic heterocycles. The van der Waals surface area contributed by atoms with Gasteiger partial charge < -0.3 is 14.4 Å². The van der Waals surface area contributed by atoms with Crippen LogP contribution in [0.4, 0.5) is 0 Å². The van der Waals surface area contributed by atoms with Crippen LogP contribution in [0, 0.1) is 0 Å². The molecule has 0 saturated carbocycles. The van der Waals surface area contributed by atoms with Gasteiger partial charge in [-0.1, -0.05) is 54.6 Å². The Morgan fingerprint density at radius 2 is 1.63 bits per heavy atom. The summed E-state index contributed by atoms with van der Waals surface area (Å²) in [4.78, 5) is 25.8. The van der Waals surface area contributed by atoms with E-state index in [4.69, 9.17) is 9.47 Å². The molecule has 27 heavy (non-hydrogen) atoms. The minimum absolute atomic E-state index is 0.0607. The molecule has 1 heterocycles. The molecule has 1 aliphatic heterocycles. The van der Waals surface area contributed by atoms with Gasteiger partial charge in [0, 0.05) is 27.4 Å². The third kappa shape index (κ3) is 4.76. The van der Waals surface area contributed by atoms with Gasteiger partial charge in [-0.2, -0.15) is 0 Å². The van der Waals surface area contributed by atoms with Crippen LogP contribution in [0.25, 0.3) is 0 Å². The number of cyclic esters (lactones) is 1. The predicted molar refractivity (Wildman–Crippen MR) is 102 cm³/mol. The summed E-state index contributed by atoms with van der Waals surface area (Å²) in [5.74, 6) is -2.03. The molecule has 5 nitrogen and oxygen atoms in total. The molecule has 0 N–H and O–H groups in total. The second-order valence-electron chi connectivity index (χ2n) is 7.03. The Morgan fingerprint density at radius 1 is 1.00 bits per heavy atom. The highest BCUT2D eigenvalue weighted by Gasteiger charge is 2.38. The van der Waals surface area contributed by atoms with E-state index >= 15 is 0 Å². The van der Waals surface area contributed by atoms with Crippen LogP contribution < -0.4 is 0 Å². The largest absolute Gasteiger partial charge is 0.445 e. The normalized spacial score (nSPS) is 16.7. The van der Waals surface area contributed by atoms with Gasteiger partial charge in [-0.05, 0) is 23.1 Å². The maximum absolute atomic E-state index is 12.5. The summed E-state index contributed by atoms with van der Waals surface area (Å²) < 4.78 is 10.4. The van der Waals surface area contributed by atoms with E-state index in [0.717, 1.165) is 17.5 Å². The highest BCUT2D eigenvalue weighted by atomic mass is 16.8. The highest BCUT2D eigenvalue weighted by molar-refractivity contribution is 5.97. The van der Waals surface area contributed by atoms with E-state index in [1.165, 1.54) is 11.6 Å². The van der Waals surface area contributed by atoms with Crippen LogP contribution in [0.15, 0.2) is 66.4 Å². The van der Waals surface area contributed by atoms with Crippen molar-refractivity contribution in [3.63, 3.8) is 0 Å². The van der Waals surface area contributed by atoms with Crippen molar-refractivity contribution in [3.8, 4) is 0 Å². The Labute approximate surface area is 159 Å². The van der Waals surface area contributed by atoms with Gasteiger partial charge in [0.15, 0.2) is 0 Å². The van der Waals surface area contributed by atoms with Gasteiger partial charge in [0.2, 0.25) is 11.5 Å². The number of benzene rings is 2. The lowest BCUT2D eigenvalue weighted by Crippen LogP contribution is -2.25. The van der Waals surface area contributed by atoms with Crippen LogP contribution >= 0.6 is 0 Å². The van der Waals surface area contributed by atoms with Crippen molar-refractivity contribution in [3.05, 3.63) is 83.1 Å². The molecule has 0 atom stereocenters. The van der Waals surface area contributed by atoms with E-state index in [9.17, 15) is 9.59 Å². The maximum Gasteiger partial charge on any atom is 0.377 e. The molecule has 0 bridgehead atoms. The molecule has 0 radical (unpaired) electrons. The molecule has 0 aliphatic carbocycles. The molecule has 1 saturated heterocycles. The first-order valence-electron chi connectivity index (χ1n) is 8.84. The molecule has 2 aromatic rings. The Balaban J connectivity index is 1.72. The molecule has 2 aromatic carbocycles. The lowest BCUT2D eigenvalue weighted by molar-refractivity contribution is -0.159. The first-order chi connectivity index (χ1) is 12.8. The second-order valence-corrected chi connectivity index (χ2v) is 7.03. The smallest absolute Gasteiger partial charge is 0.377 e. The Morgan fingerprint density at radius 3 is 2.26 bits per heavy atom. The number of likely N-dealkylation sites (N-methyl/N-ethyl adjacent to an activating group) is 1. The molecular formula is C22H23NO4. The maximum atomic E-state index is 12.5. The van der Waals surface area contributed by atoms with Crippen LogP contribution in [0.5, 0.6) is 0 Å². The van der Waals surface area contributed by atoms with E-state index in [2.05, 4.69) is 18.2 Å². The third-order valence-corrected chi connectivity index (χ3v) is 4.29. The topological polar surface area (TPSA) is 55.8 Å². The first kappa shape index (κ1) is 18.7. The summed E-state index contributed by atoms with van der Waals surface area (Å²) >= 11 is 0. The number of esters is 1. The monoisotopic (exact) mass is 365 g/mol. The van der Waals surface area contributed by atoms with E-state index in [-0.39, 0.29) is 11.7 Å². The number of rotatable bonds is 5. The van der Waals surface area contributed by atoms with Crippen molar-refractivity contribution in [2.45, 2.75) is 32.6 Å². The fourth-order valence-corrected chi connectivity index (χ4v) is 2.94. The van der Waals surface area contributed by atoms with Crippen LogP contribution in [-0.4, -0.2) is 29.6 Å². The summed E-state index contributed by atoms with van der Waals surface area (Å²) in [7, 11) is 1.70. The quantitative estimate of drug-likeness (QED) is 0.602. The van der Waals surface area contributed by atoms with Crippen molar-refractivity contribution in [1.82, 2.24) is 4.90 Å². The number of hydrogen-bond donors (Lipinski definition) is 0. The molecule has 140 valence electrons. The minimum atomic E-state index is -1.04. The van der Waals surface area contributed by atoms with Gasteiger partial charge in [-0.15, -0.1) is 0 Å². The SMILES string of the molecule is CN(Cc1ccccc1Cc1ccccc1)C(=O)C=C1OC(C)(C)OC1=O. The summed E-state index contributed by atoms with van der Waals surface area (Å²) in [6.07, 6.45) is 1.99. The highest BCUT2D eigenvalue weighted by Crippen LogP contribution is 2.26. The van der Waals surface area contributed by atoms with Crippen LogP contribution in [0.2, 0.25) is 0 Å². The molecule has 5 heteroatoms. The Bertz CT molecular complexity index is 871. The van der Waals surface area contributed by atoms with Crippen molar-refractivity contribution < 1.29 is 19.1 Å². The fourth-order valence-electron chi connectivity index (χ4n) is 2.94. The third-order valence-electron chi connectivity index (χ3n) is 4.29. The summed E-state index contributed by atoms with van der Waals surface area (Å²) in [5, 5.41) is 0. The van der Waals surface area contributed by atoms with E-state index < -0.39 is 11.8 Å². The van der Waals surface area contributed by atoms with E-state index in [1.807, 2.05) is 36.4 Å². The van der Waals surface area contributed by atoms with Gasteiger partial charge in [0.1, 0.15) is 0 Å². The Hall–Kier alpha value is -3.08. The van der Waals surface area contributed by atoms with Gasteiger partial charge in [-0.25, -0.2) is 4.79 Å². The zero-order valence-corrected chi connectivity index (χ0v) is 15.8. The van der Waals surface area contributed by atoms with Crippen LogP contribution in [0.3, 0.4) is 0 Å². The number of ether oxygens (including phenoxy) is 2. The number of carbonyl (C=O) groups excluding carboxylic acids is 2. The standard InChI is InChI=1S/C22H23NO4/c1-22(2)26-19(21(25)27-22)14-20(24)23(3)15-18-12-8-7-11-17(18)13-16-9-5-4-6-10-16/h4-12,14H,13,15H2,1-3H3. The molecule has 0 spiro atoms. The fraction of sp³-hybridized carbons (Fsp3) is 0.273. The van der Waals surface area contributed by atoms with E-state index in [0.29, 0.717) is 6.54 Å². The average Bonchev–Trinajstić information content (AvgIpc) is 2.89. The number of nitrogens with zero attached hydrogens (tertiary/aromatic N) is 1. The van der Waals surface area contributed by atoms with Crippen molar-refractivity contribution in [1.29, 1.82) is 0 Å². The lowest BCUT2D eigenvalue weighted by atomic mass is 9.99. The minimum Gasteiger partial charge on any atom is -0.445 e. The zero-order chi connectivity index (χ0) is 19.4. The van der Waals surface area contributed by atoms with Gasteiger partial charge >= 0.3 is 5.97 Å². The lowest BCUT2D eigenvalue weighted by Gasteiger charge is -2.18. The van der Waals surface area contributed by atoms with Gasteiger partial charge in [0.25, 0.3) is 5.91 Å². The first-order valence-corrected chi connectivity index (χ1v) is 8.84. The molecule has 0 unspecified atom stereocenters. The summed E-state index contributed by atoms with van der Waals surface area (Å²) in [6, 6.07) is 18.2. The second kappa shape index (κ2) is 7.66. The van der Waals surface area contributed by atoms with Crippen molar-refractivity contribution in [2.75, 3.05) is 7.05 Å². The predicted octanol–water partition coefficient (Wildman–Crippen LogP) is 3.43. The molecule has 1 fully saturated rings. The van der Waals surface area contributed by atoms with Crippen LogP contribution in [-0.2, 0) is 32.0 Å². The summed E-state index contributed by atoms with van der Waals surface area (Å²) in [6.45, 7) is 3.68. The number of carbonyl (C=O) groups is 2. The van der Waals surface area contributed by atoms with Gasteiger partial charge in [0.05, 0.1) is 6.08 Å². The average molecular weight is 365 g/mol. The molecular weight excluding hydrogens is 342 g/mol. The summed E-state index contributed by atoms with van der Waals surface area (Å²) in [5.41, 5.74) is 3.44.